The molecular weight excluding hydrogens is 256 g/mol. The molecule has 1 aromatic rings. The van der Waals surface area contributed by atoms with Crippen LogP contribution in [0.15, 0.2) is 29.4 Å². The lowest BCUT2D eigenvalue weighted by Crippen LogP contribution is -2.49. The van der Waals surface area contributed by atoms with Crippen molar-refractivity contribution in [1.29, 1.82) is 0 Å². The summed E-state index contributed by atoms with van der Waals surface area (Å²) in [6, 6.07) is 6.66. The molecule has 0 bridgehead atoms. The Morgan fingerprint density at radius 2 is 2.32 bits per heavy atom. The summed E-state index contributed by atoms with van der Waals surface area (Å²) >= 11 is 1.80. The first-order valence-corrected chi connectivity index (χ1v) is 8.19. The summed E-state index contributed by atoms with van der Waals surface area (Å²) in [6.45, 7) is 2.41. The van der Waals surface area contributed by atoms with Crippen LogP contribution in [0.1, 0.15) is 39.0 Å². The molecular formula is C15H24N2OS. The number of pyridine rings is 1. The molecule has 1 aliphatic rings. The Labute approximate surface area is 120 Å². The SMILES string of the molecule is CCC(CO)(CCCSc1ccccn1)NC1CC1. The van der Waals surface area contributed by atoms with Crippen molar-refractivity contribution < 1.29 is 5.11 Å². The maximum absolute atomic E-state index is 9.69. The van der Waals surface area contributed by atoms with Gasteiger partial charge in [0.15, 0.2) is 0 Å². The molecule has 3 nitrogen and oxygen atoms in total. The van der Waals surface area contributed by atoms with Crippen molar-refractivity contribution >= 4 is 11.8 Å². The lowest BCUT2D eigenvalue weighted by Gasteiger charge is -2.32. The number of hydrogen-bond acceptors (Lipinski definition) is 4. The Morgan fingerprint density at radius 1 is 1.47 bits per heavy atom. The third-order valence-corrected chi connectivity index (χ3v) is 4.78. The van der Waals surface area contributed by atoms with E-state index in [9.17, 15) is 5.11 Å². The quantitative estimate of drug-likeness (QED) is 0.539. The van der Waals surface area contributed by atoms with Gasteiger partial charge < -0.3 is 10.4 Å². The predicted octanol–water partition coefficient (Wildman–Crippen LogP) is 2.85. The predicted molar refractivity (Wildman–Crippen MR) is 80.5 cm³/mol. The van der Waals surface area contributed by atoms with Crippen molar-refractivity contribution in [2.45, 2.75) is 55.6 Å². The number of thioether (sulfide) groups is 1. The van der Waals surface area contributed by atoms with Crippen LogP contribution in [0.5, 0.6) is 0 Å². The summed E-state index contributed by atoms with van der Waals surface area (Å²) in [5.41, 5.74) is -0.0636. The van der Waals surface area contributed by atoms with E-state index in [1.165, 1.54) is 12.8 Å². The zero-order valence-corrected chi connectivity index (χ0v) is 12.5. The molecule has 0 aliphatic heterocycles. The molecule has 19 heavy (non-hydrogen) atoms. The van der Waals surface area contributed by atoms with Gasteiger partial charge in [-0.25, -0.2) is 4.98 Å². The molecule has 0 saturated heterocycles. The van der Waals surface area contributed by atoms with Crippen LogP contribution in [-0.2, 0) is 0 Å². The maximum Gasteiger partial charge on any atom is 0.0959 e. The zero-order chi connectivity index (χ0) is 13.6. The van der Waals surface area contributed by atoms with Crippen LogP contribution in [0, 0.1) is 0 Å². The van der Waals surface area contributed by atoms with E-state index in [0.717, 1.165) is 30.0 Å². The highest BCUT2D eigenvalue weighted by molar-refractivity contribution is 7.99. The van der Waals surface area contributed by atoms with E-state index in [1.54, 1.807) is 11.8 Å². The minimum atomic E-state index is -0.0636. The van der Waals surface area contributed by atoms with Crippen LogP contribution >= 0.6 is 11.8 Å². The molecule has 0 amide bonds. The van der Waals surface area contributed by atoms with Gasteiger partial charge in [0.05, 0.1) is 11.6 Å². The average Bonchev–Trinajstić information content (AvgIpc) is 3.27. The summed E-state index contributed by atoms with van der Waals surface area (Å²) in [7, 11) is 0. The Hall–Kier alpha value is -0.580. The standard InChI is InChI=1S/C15H24N2OS/c1-2-15(12-18,17-13-7-8-13)9-5-11-19-14-6-3-4-10-16-14/h3-4,6,10,13,17-18H,2,5,7-9,11-12H2,1H3. The second kappa shape index (κ2) is 7.27. The smallest absolute Gasteiger partial charge is 0.0959 e. The fourth-order valence-corrected chi connectivity index (χ4v) is 3.08. The third-order valence-electron chi connectivity index (χ3n) is 3.75. The maximum atomic E-state index is 9.69. The molecule has 1 aliphatic carbocycles. The first kappa shape index (κ1) is 14.8. The highest BCUT2D eigenvalue weighted by Crippen LogP contribution is 2.27. The molecule has 1 heterocycles. The molecule has 0 radical (unpaired) electrons. The number of aliphatic hydroxyl groups excluding tert-OH is 1. The number of aromatic nitrogens is 1. The van der Waals surface area contributed by atoms with Crippen molar-refractivity contribution in [2.75, 3.05) is 12.4 Å². The van der Waals surface area contributed by atoms with E-state index in [4.69, 9.17) is 0 Å². The van der Waals surface area contributed by atoms with Gasteiger partial charge in [-0.05, 0) is 50.0 Å². The third kappa shape index (κ3) is 4.79. The van der Waals surface area contributed by atoms with Crippen molar-refractivity contribution in [3.05, 3.63) is 24.4 Å². The Morgan fingerprint density at radius 3 is 2.89 bits per heavy atom. The van der Waals surface area contributed by atoms with Crippen molar-refractivity contribution in [1.82, 2.24) is 10.3 Å². The van der Waals surface area contributed by atoms with Gasteiger partial charge in [0.1, 0.15) is 0 Å². The first-order valence-electron chi connectivity index (χ1n) is 7.20. The highest BCUT2D eigenvalue weighted by Gasteiger charge is 2.33. The van der Waals surface area contributed by atoms with Gasteiger partial charge >= 0.3 is 0 Å². The van der Waals surface area contributed by atoms with Gasteiger partial charge in [0, 0.05) is 17.8 Å². The molecule has 2 rings (SSSR count). The van der Waals surface area contributed by atoms with Gasteiger partial charge in [-0.1, -0.05) is 13.0 Å². The number of nitrogens with zero attached hydrogens (tertiary/aromatic N) is 1. The van der Waals surface area contributed by atoms with E-state index in [2.05, 4.69) is 17.2 Å². The fourth-order valence-electron chi connectivity index (χ4n) is 2.27. The van der Waals surface area contributed by atoms with Gasteiger partial charge in [-0.3, -0.25) is 0 Å². The normalized spacial score (nSPS) is 18.2. The Balaban J connectivity index is 1.72. The van der Waals surface area contributed by atoms with Crippen LogP contribution in [0.4, 0.5) is 0 Å². The summed E-state index contributed by atoms with van der Waals surface area (Å²) < 4.78 is 0. The molecule has 1 atom stereocenters. The Bertz CT molecular complexity index is 364. The molecule has 106 valence electrons. The van der Waals surface area contributed by atoms with Gasteiger partial charge in [-0.15, -0.1) is 11.8 Å². The number of hydrogen-bond donors (Lipinski definition) is 2. The summed E-state index contributed by atoms with van der Waals surface area (Å²) in [5.74, 6) is 1.06. The van der Waals surface area contributed by atoms with Gasteiger partial charge in [0.25, 0.3) is 0 Å². The molecule has 1 unspecified atom stereocenters. The average molecular weight is 280 g/mol. The molecule has 2 N–H and O–H groups in total. The topological polar surface area (TPSA) is 45.2 Å². The zero-order valence-electron chi connectivity index (χ0n) is 11.6. The number of nitrogens with one attached hydrogen (secondary N) is 1. The van der Waals surface area contributed by atoms with Gasteiger partial charge in [0.2, 0.25) is 0 Å². The van der Waals surface area contributed by atoms with Crippen LogP contribution < -0.4 is 5.32 Å². The molecule has 0 spiro atoms. The van der Waals surface area contributed by atoms with Crippen LogP contribution in [0.25, 0.3) is 0 Å². The molecule has 4 heteroatoms. The largest absolute Gasteiger partial charge is 0.394 e. The van der Waals surface area contributed by atoms with E-state index in [-0.39, 0.29) is 12.1 Å². The molecule has 1 aromatic heterocycles. The van der Waals surface area contributed by atoms with Crippen LogP contribution in [0.2, 0.25) is 0 Å². The van der Waals surface area contributed by atoms with E-state index in [1.807, 2.05) is 24.4 Å². The second-order valence-corrected chi connectivity index (χ2v) is 6.45. The Kier molecular flexibility index (Phi) is 5.67. The van der Waals surface area contributed by atoms with E-state index in [0.29, 0.717) is 6.04 Å². The summed E-state index contributed by atoms with van der Waals surface area (Å²) in [5, 5.41) is 14.4. The van der Waals surface area contributed by atoms with Crippen LogP contribution in [-0.4, -0.2) is 34.0 Å². The number of rotatable bonds is 9. The van der Waals surface area contributed by atoms with Crippen molar-refractivity contribution in [2.24, 2.45) is 0 Å². The highest BCUT2D eigenvalue weighted by atomic mass is 32.2. The van der Waals surface area contributed by atoms with E-state index < -0.39 is 0 Å². The fraction of sp³-hybridized carbons (Fsp3) is 0.667. The molecule has 1 fully saturated rings. The summed E-state index contributed by atoms with van der Waals surface area (Å²) in [6.07, 6.45) is 7.51. The van der Waals surface area contributed by atoms with Crippen LogP contribution in [0.3, 0.4) is 0 Å². The number of aliphatic hydroxyl groups is 1. The lowest BCUT2D eigenvalue weighted by molar-refractivity contribution is 0.144. The summed E-state index contributed by atoms with van der Waals surface area (Å²) in [4.78, 5) is 4.31. The minimum absolute atomic E-state index is 0.0636. The van der Waals surface area contributed by atoms with Crippen molar-refractivity contribution in [3.63, 3.8) is 0 Å². The van der Waals surface area contributed by atoms with Gasteiger partial charge in [-0.2, -0.15) is 0 Å². The molecule has 1 saturated carbocycles. The first-order chi connectivity index (χ1) is 9.28. The van der Waals surface area contributed by atoms with Crippen molar-refractivity contribution in [3.8, 4) is 0 Å². The molecule has 0 aromatic carbocycles. The monoisotopic (exact) mass is 280 g/mol. The minimum Gasteiger partial charge on any atom is -0.394 e. The van der Waals surface area contributed by atoms with E-state index >= 15 is 0 Å². The lowest BCUT2D eigenvalue weighted by atomic mass is 9.91. The second-order valence-electron chi connectivity index (χ2n) is 5.33.